The molecular weight excluding hydrogens is 428 g/mol. The van der Waals surface area contributed by atoms with E-state index in [1.165, 1.54) is 20.3 Å². The second kappa shape index (κ2) is 10.3. The van der Waals surface area contributed by atoms with Crippen LogP contribution in [0.2, 0.25) is 5.02 Å². The first-order chi connectivity index (χ1) is 15.2. The van der Waals surface area contributed by atoms with Crippen LogP contribution in [-0.4, -0.2) is 42.2 Å². The lowest BCUT2D eigenvalue weighted by molar-refractivity contribution is -0.152. The largest absolute Gasteiger partial charge is 0.478 e. The number of benzene rings is 2. The summed E-state index contributed by atoms with van der Waals surface area (Å²) in [4.78, 5) is 26.5. The van der Waals surface area contributed by atoms with Gasteiger partial charge in [0.25, 0.3) is 5.91 Å². The molecule has 2 aromatic carbocycles. The highest BCUT2D eigenvalue weighted by Gasteiger charge is 2.29. The zero-order valence-electron chi connectivity index (χ0n) is 18.9. The molecule has 1 atom stereocenters. The Kier molecular flexibility index (Phi) is 7.67. The summed E-state index contributed by atoms with van der Waals surface area (Å²) in [5.41, 5.74) is 1.26. The first-order valence-electron chi connectivity index (χ1n) is 11.0. The van der Waals surface area contributed by atoms with Crippen molar-refractivity contribution in [3.05, 3.63) is 58.6 Å². The van der Waals surface area contributed by atoms with Crippen LogP contribution in [0.1, 0.15) is 61.9 Å². The Balaban J connectivity index is 1.64. The lowest BCUT2D eigenvalue weighted by Crippen LogP contribution is -2.37. The Morgan fingerprint density at radius 3 is 2.41 bits per heavy atom. The molecular formula is C25H31ClN2O4. The number of carboxylic acids is 1. The van der Waals surface area contributed by atoms with E-state index >= 15 is 0 Å². The summed E-state index contributed by atoms with van der Waals surface area (Å²) in [7, 11) is 0. The Hall–Kier alpha value is -2.73. The first kappa shape index (κ1) is 23.9. The van der Waals surface area contributed by atoms with E-state index in [1.54, 1.807) is 18.2 Å². The number of nitrogens with one attached hydrogen (secondary N) is 1. The number of aliphatic carboxylic acids is 1. The molecule has 1 aliphatic heterocycles. The summed E-state index contributed by atoms with van der Waals surface area (Å²) in [6.45, 7) is 7.41. The number of rotatable bonds is 8. The van der Waals surface area contributed by atoms with Gasteiger partial charge >= 0.3 is 5.97 Å². The van der Waals surface area contributed by atoms with Crippen molar-refractivity contribution in [2.75, 3.05) is 24.5 Å². The fourth-order valence-corrected chi connectivity index (χ4v) is 3.93. The molecule has 0 radical (unpaired) electrons. The Morgan fingerprint density at radius 1 is 1.12 bits per heavy atom. The van der Waals surface area contributed by atoms with E-state index in [0.29, 0.717) is 22.9 Å². The second-order valence-corrected chi connectivity index (χ2v) is 9.24. The van der Waals surface area contributed by atoms with Crippen molar-refractivity contribution >= 4 is 29.2 Å². The molecule has 1 aliphatic rings. The molecule has 172 valence electrons. The lowest BCUT2D eigenvalue weighted by atomic mass is 10.0. The third-order valence-electron chi connectivity index (χ3n) is 5.81. The number of carbonyl (C=O) groups excluding carboxylic acids is 1. The maximum atomic E-state index is 13.0. The molecule has 1 unspecified atom stereocenters. The predicted octanol–water partition coefficient (Wildman–Crippen LogP) is 5.11. The van der Waals surface area contributed by atoms with E-state index in [9.17, 15) is 14.7 Å². The highest BCUT2D eigenvalue weighted by atomic mass is 35.5. The van der Waals surface area contributed by atoms with Gasteiger partial charge < -0.3 is 20.1 Å². The number of ether oxygens (including phenoxy) is 1. The van der Waals surface area contributed by atoms with Crippen LogP contribution in [0.25, 0.3) is 0 Å². The van der Waals surface area contributed by atoms with E-state index < -0.39 is 11.6 Å². The minimum absolute atomic E-state index is 0.0677. The average Bonchev–Trinajstić information content (AvgIpc) is 2.78. The molecule has 3 rings (SSSR count). The molecule has 1 heterocycles. The molecule has 2 aromatic rings. The van der Waals surface area contributed by atoms with Crippen LogP contribution < -0.4 is 15.0 Å². The van der Waals surface area contributed by atoms with Gasteiger partial charge in [-0.3, -0.25) is 4.79 Å². The van der Waals surface area contributed by atoms with Crippen LogP contribution in [0.15, 0.2) is 42.5 Å². The van der Waals surface area contributed by atoms with Gasteiger partial charge in [-0.25, -0.2) is 4.79 Å². The van der Waals surface area contributed by atoms with Crippen LogP contribution in [0, 0.1) is 0 Å². The van der Waals surface area contributed by atoms with Crippen molar-refractivity contribution < 1.29 is 19.4 Å². The summed E-state index contributed by atoms with van der Waals surface area (Å²) >= 11 is 6.19. The zero-order chi connectivity index (χ0) is 23.3. The van der Waals surface area contributed by atoms with Gasteiger partial charge in [-0.15, -0.1) is 0 Å². The second-order valence-electron chi connectivity index (χ2n) is 8.81. The number of halogens is 1. The molecule has 32 heavy (non-hydrogen) atoms. The molecule has 1 saturated heterocycles. The molecule has 0 aliphatic carbocycles. The van der Waals surface area contributed by atoms with Crippen LogP contribution in [0.4, 0.5) is 5.69 Å². The molecule has 0 aromatic heterocycles. The monoisotopic (exact) mass is 458 g/mol. The van der Waals surface area contributed by atoms with Crippen molar-refractivity contribution in [2.45, 2.75) is 51.6 Å². The summed E-state index contributed by atoms with van der Waals surface area (Å²) in [5, 5.41) is 12.8. The Bertz CT molecular complexity index is 953. The standard InChI is InChI=1S/C25H31ClN2O4/c1-17(18-7-10-20(11-8-18)32-25(2,3)24(30)31)16-27-23(29)21-15-19(26)9-12-22(21)28-13-5-4-6-14-28/h7-12,15,17H,4-6,13-14,16H2,1-3H3,(H,27,29)(H,30,31). The molecule has 1 amide bonds. The fraction of sp³-hybridized carbons (Fsp3) is 0.440. The van der Waals surface area contributed by atoms with Crippen LogP contribution in [0.5, 0.6) is 5.75 Å². The smallest absolute Gasteiger partial charge is 0.347 e. The van der Waals surface area contributed by atoms with Crippen molar-refractivity contribution in [3.63, 3.8) is 0 Å². The normalized spacial score (nSPS) is 15.2. The van der Waals surface area contributed by atoms with Crippen LogP contribution >= 0.6 is 11.6 Å². The highest BCUT2D eigenvalue weighted by Crippen LogP contribution is 2.28. The number of hydrogen-bond donors (Lipinski definition) is 2. The van der Waals surface area contributed by atoms with Crippen LogP contribution in [0.3, 0.4) is 0 Å². The third-order valence-corrected chi connectivity index (χ3v) is 6.04. The van der Waals surface area contributed by atoms with Crippen molar-refractivity contribution in [1.29, 1.82) is 0 Å². The molecule has 0 saturated carbocycles. The molecule has 2 N–H and O–H groups in total. The van der Waals surface area contributed by atoms with Crippen molar-refractivity contribution in [3.8, 4) is 5.75 Å². The van der Waals surface area contributed by atoms with Gasteiger partial charge in [-0.1, -0.05) is 30.7 Å². The maximum absolute atomic E-state index is 13.0. The van der Waals surface area contributed by atoms with Gasteiger partial charge in [0.1, 0.15) is 5.75 Å². The fourth-order valence-electron chi connectivity index (χ4n) is 3.76. The quantitative estimate of drug-likeness (QED) is 0.575. The first-order valence-corrected chi connectivity index (χ1v) is 11.4. The minimum atomic E-state index is -1.30. The lowest BCUT2D eigenvalue weighted by Gasteiger charge is -2.30. The van der Waals surface area contributed by atoms with Gasteiger partial charge in [0.05, 0.1) is 5.56 Å². The number of nitrogens with zero attached hydrogens (tertiary/aromatic N) is 1. The highest BCUT2D eigenvalue weighted by molar-refractivity contribution is 6.31. The topological polar surface area (TPSA) is 78.9 Å². The minimum Gasteiger partial charge on any atom is -0.478 e. The number of piperidine rings is 1. The van der Waals surface area contributed by atoms with Gasteiger partial charge in [0.15, 0.2) is 5.60 Å². The van der Waals surface area contributed by atoms with Gasteiger partial charge in [-0.2, -0.15) is 0 Å². The van der Waals surface area contributed by atoms with Gasteiger partial charge in [-0.05, 0) is 74.9 Å². The zero-order valence-corrected chi connectivity index (χ0v) is 19.6. The third kappa shape index (κ3) is 5.94. The summed E-state index contributed by atoms with van der Waals surface area (Å²) in [5.74, 6) is -0.605. The van der Waals surface area contributed by atoms with Crippen molar-refractivity contribution in [1.82, 2.24) is 5.32 Å². The molecule has 6 nitrogen and oxygen atoms in total. The van der Waals surface area contributed by atoms with Gasteiger partial charge in [0, 0.05) is 30.3 Å². The Labute approximate surface area is 194 Å². The number of carbonyl (C=O) groups is 2. The molecule has 0 spiro atoms. The summed E-state index contributed by atoms with van der Waals surface area (Å²) in [6.07, 6.45) is 3.48. The SMILES string of the molecule is CC(CNC(=O)c1cc(Cl)ccc1N1CCCCC1)c1ccc(OC(C)(C)C(=O)O)cc1. The van der Waals surface area contributed by atoms with Gasteiger partial charge in [0.2, 0.25) is 0 Å². The van der Waals surface area contributed by atoms with E-state index in [4.69, 9.17) is 16.3 Å². The number of amides is 1. The van der Waals surface area contributed by atoms with E-state index in [1.807, 2.05) is 31.2 Å². The van der Waals surface area contributed by atoms with E-state index in [0.717, 1.165) is 37.2 Å². The molecule has 1 fully saturated rings. The number of carboxylic acid groups (broad SMARTS) is 1. The van der Waals surface area contributed by atoms with Crippen molar-refractivity contribution in [2.24, 2.45) is 0 Å². The average molecular weight is 459 g/mol. The van der Waals surface area contributed by atoms with Crippen LogP contribution in [-0.2, 0) is 4.79 Å². The van der Waals surface area contributed by atoms with E-state index in [2.05, 4.69) is 10.2 Å². The Morgan fingerprint density at radius 2 is 1.78 bits per heavy atom. The number of hydrogen-bond acceptors (Lipinski definition) is 4. The predicted molar refractivity (Wildman–Crippen MR) is 127 cm³/mol. The summed E-state index contributed by atoms with van der Waals surface area (Å²) in [6, 6.07) is 12.8. The van der Waals surface area contributed by atoms with E-state index in [-0.39, 0.29) is 11.8 Å². The maximum Gasteiger partial charge on any atom is 0.347 e. The molecule has 7 heteroatoms. The molecule has 0 bridgehead atoms. The summed E-state index contributed by atoms with van der Waals surface area (Å²) < 4.78 is 5.55. The number of anilines is 1.